The Morgan fingerprint density at radius 1 is 1.32 bits per heavy atom. The second kappa shape index (κ2) is 7.19. The molecule has 4 nitrogen and oxygen atoms in total. The number of aromatic nitrogens is 1. The van der Waals surface area contributed by atoms with Crippen LogP contribution in [0.2, 0.25) is 0 Å². The normalized spacial score (nSPS) is 12.7. The van der Waals surface area contributed by atoms with E-state index in [0.29, 0.717) is 0 Å². The largest absolute Gasteiger partial charge is 0.382 e. The second-order valence-electron chi connectivity index (χ2n) is 4.51. The minimum Gasteiger partial charge on any atom is -0.382 e. The summed E-state index contributed by atoms with van der Waals surface area (Å²) < 4.78 is 5.37. The lowest BCUT2D eigenvalue weighted by molar-refractivity contribution is 0.141. The van der Waals surface area contributed by atoms with E-state index in [0.717, 1.165) is 37.0 Å². The van der Waals surface area contributed by atoms with Gasteiger partial charge in [-0.2, -0.15) is 0 Å². The van der Waals surface area contributed by atoms with E-state index in [1.165, 1.54) is 5.39 Å². The Labute approximate surface area is 113 Å². The van der Waals surface area contributed by atoms with E-state index in [-0.39, 0.29) is 6.04 Å². The Hall–Kier alpha value is -1.49. The molecule has 0 fully saturated rings. The summed E-state index contributed by atoms with van der Waals surface area (Å²) in [4.78, 5) is 4.30. The Morgan fingerprint density at radius 2 is 2.16 bits per heavy atom. The topological polar surface area (TPSA) is 60.2 Å². The quantitative estimate of drug-likeness (QED) is 0.456. The van der Waals surface area contributed by atoms with Crippen molar-refractivity contribution in [1.29, 1.82) is 0 Å². The molecule has 102 valence electrons. The molecule has 19 heavy (non-hydrogen) atoms. The summed E-state index contributed by atoms with van der Waals surface area (Å²) in [5.74, 6) is 5.69. The molecule has 1 aromatic carbocycles. The summed E-state index contributed by atoms with van der Waals surface area (Å²) in [5.41, 5.74) is 4.04. The minimum absolute atomic E-state index is 0.110. The van der Waals surface area contributed by atoms with Gasteiger partial charge in [-0.1, -0.05) is 24.3 Å². The molecule has 0 radical (unpaired) electrons. The van der Waals surface area contributed by atoms with Gasteiger partial charge in [-0.05, 0) is 30.7 Å². The first-order valence-corrected chi connectivity index (χ1v) is 6.73. The van der Waals surface area contributed by atoms with Gasteiger partial charge < -0.3 is 4.74 Å². The minimum atomic E-state index is 0.110. The van der Waals surface area contributed by atoms with Crippen LogP contribution in [0.4, 0.5) is 0 Å². The Morgan fingerprint density at radius 3 is 2.95 bits per heavy atom. The van der Waals surface area contributed by atoms with Crippen molar-refractivity contribution in [2.45, 2.75) is 25.8 Å². The van der Waals surface area contributed by atoms with Gasteiger partial charge in [-0.15, -0.1) is 0 Å². The van der Waals surface area contributed by atoms with E-state index in [1.807, 2.05) is 31.5 Å². The predicted octanol–water partition coefficient (Wildman–Crippen LogP) is 2.56. The van der Waals surface area contributed by atoms with E-state index in [1.54, 1.807) is 0 Å². The third-order valence-corrected chi connectivity index (χ3v) is 3.26. The van der Waals surface area contributed by atoms with E-state index in [9.17, 15) is 0 Å². The highest BCUT2D eigenvalue weighted by Gasteiger charge is 2.12. The van der Waals surface area contributed by atoms with Gasteiger partial charge in [0.2, 0.25) is 0 Å². The molecule has 3 N–H and O–H groups in total. The monoisotopic (exact) mass is 259 g/mol. The summed E-state index contributed by atoms with van der Waals surface area (Å²) in [6.45, 7) is 3.54. The number of hydrogen-bond donors (Lipinski definition) is 2. The van der Waals surface area contributed by atoms with Crippen molar-refractivity contribution in [2.75, 3.05) is 13.2 Å². The fourth-order valence-corrected chi connectivity index (χ4v) is 2.28. The summed E-state index contributed by atoms with van der Waals surface area (Å²) in [7, 11) is 0. The van der Waals surface area contributed by atoms with Gasteiger partial charge in [-0.3, -0.25) is 16.3 Å². The average Bonchev–Trinajstić information content (AvgIpc) is 2.47. The summed E-state index contributed by atoms with van der Waals surface area (Å²) >= 11 is 0. The van der Waals surface area contributed by atoms with Gasteiger partial charge in [0.25, 0.3) is 0 Å². The van der Waals surface area contributed by atoms with E-state index >= 15 is 0 Å². The lowest BCUT2D eigenvalue weighted by Crippen LogP contribution is -2.28. The van der Waals surface area contributed by atoms with Crippen LogP contribution in [0.3, 0.4) is 0 Å². The Balaban J connectivity index is 2.16. The van der Waals surface area contributed by atoms with Gasteiger partial charge in [0.1, 0.15) is 0 Å². The number of hydrazine groups is 1. The maximum absolute atomic E-state index is 5.69. The molecule has 1 atom stereocenters. The van der Waals surface area contributed by atoms with Gasteiger partial charge in [0, 0.05) is 37.0 Å². The highest BCUT2D eigenvalue weighted by molar-refractivity contribution is 5.85. The molecular formula is C15H21N3O. The number of benzene rings is 1. The molecule has 0 aliphatic carbocycles. The van der Waals surface area contributed by atoms with E-state index < -0.39 is 0 Å². The highest BCUT2D eigenvalue weighted by Crippen LogP contribution is 2.25. The van der Waals surface area contributed by atoms with Crippen molar-refractivity contribution < 1.29 is 4.74 Å². The zero-order chi connectivity index (χ0) is 13.5. The summed E-state index contributed by atoms with van der Waals surface area (Å²) in [6, 6.07) is 8.35. The molecule has 0 bridgehead atoms. The van der Waals surface area contributed by atoms with Gasteiger partial charge in [0.15, 0.2) is 0 Å². The summed E-state index contributed by atoms with van der Waals surface area (Å²) in [5, 5.41) is 2.35. The summed E-state index contributed by atoms with van der Waals surface area (Å²) in [6.07, 6.45) is 5.69. The lowest BCUT2D eigenvalue weighted by atomic mass is 9.99. The van der Waals surface area contributed by atoms with Crippen LogP contribution in [0.1, 0.15) is 31.4 Å². The zero-order valence-electron chi connectivity index (χ0n) is 11.3. The number of nitrogens with zero attached hydrogens (tertiary/aromatic N) is 1. The van der Waals surface area contributed by atoms with Crippen LogP contribution >= 0.6 is 0 Å². The zero-order valence-corrected chi connectivity index (χ0v) is 11.3. The lowest BCUT2D eigenvalue weighted by Gasteiger charge is -2.17. The smallest absolute Gasteiger partial charge is 0.0482 e. The Kier molecular flexibility index (Phi) is 5.27. The van der Waals surface area contributed by atoms with E-state index in [4.69, 9.17) is 10.6 Å². The first-order valence-electron chi connectivity index (χ1n) is 6.73. The molecule has 0 aliphatic rings. The average molecular weight is 259 g/mol. The third kappa shape index (κ3) is 3.50. The number of ether oxygens (including phenoxy) is 1. The van der Waals surface area contributed by atoms with Gasteiger partial charge in [-0.25, -0.2) is 0 Å². The number of rotatable bonds is 7. The van der Waals surface area contributed by atoms with Crippen molar-refractivity contribution in [3.8, 4) is 0 Å². The number of pyridine rings is 1. The molecule has 0 amide bonds. The first kappa shape index (κ1) is 13.9. The molecule has 4 heteroatoms. The molecule has 2 aromatic rings. The van der Waals surface area contributed by atoms with Crippen LogP contribution in [0.5, 0.6) is 0 Å². The number of nitrogens with one attached hydrogen (secondary N) is 1. The van der Waals surface area contributed by atoms with Crippen molar-refractivity contribution in [3.05, 3.63) is 42.2 Å². The van der Waals surface area contributed by atoms with Crippen LogP contribution in [0.15, 0.2) is 36.7 Å². The maximum Gasteiger partial charge on any atom is 0.0482 e. The highest BCUT2D eigenvalue weighted by atomic mass is 16.5. The fourth-order valence-electron chi connectivity index (χ4n) is 2.28. The van der Waals surface area contributed by atoms with Crippen molar-refractivity contribution in [2.24, 2.45) is 5.84 Å². The van der Waals surface area contributed by atoms with Crippen LogP contribution in [-0.2, 0) is 4.74 Å². The van der Waals surface area contributed by atoms with Crippen molar-refractivity contribution >= 4 is 10.8 Å². The standard InChI is InChI=1S/C15H21N3O/c1-2-19-9-5-8-15(18-16)14-11-17-10-12-6-3-4-7-13(12)14/h3-4,6-7,10-11,15,18H,2,5,8-9,16H2,1H3. The molecule has 0 saturated heterocycles. The van der Waals surface area contributed by atoms with Crippen LogP contribution in [0.25, 0.3) is 10.8 Å². The van der Waals surface area contributed by atoms with Crippen molar-refractivity contribution in [3.63, 3.8) is 0 Å². The van der Waals surface area contributed by atoms with Crippen molar-refractivity contribution in [1.82, 2.24) is 10.4 Å². The first-order chi connectivity index (χ1) is 9.36. The molecule has 0 saturated carbocycles. The number of hydrogen-bond acceptors (Lipinski definition) is 4. The van der Waals surface area contributed by atoms with Crippen LogP contribution < -0.4 is 11.3 Å². The maximum atomic E-state index is 5.69. The number of fused-ring (bicyclic) bond motifs is 1. The molecule has 2 rings (SSSR count). The molecule has 0 spiro atoms. The van der Waals surface area contributed by atoms with Crippen LogP contribution in [0, 0.1) is 0 Å². The molecule has 1 unspecified atom stereocenters. The predicted molar refractivity (Wildman–Crippen MR) is 77.5 cm³/mol. The molecule has 1 aromatic heterocycles. The molecular weight excluding hydrogens is 238 g/mol. The SMILES string of the molecule is CCOCCCC(NN)c1cncc2ccccc12. The molecule has 1 heterocycles. The number of nitrogens with two attached hydrogens (primary N) is 1. The van der Waals surface area contributed by atoms with Gasteiger partial charge >= 0.3 is 0 Å². The fraction of sp³-hybridized carbons (Fsp3) is 0.400. The van der Waals surface area contributed by atoms with E-state index in [2.05, 4.69) is 22.5 Å². The van der Waals surface area contributed by atoms with Gasteiger partial charge in [0.05, 0.1) is 0 Å². The van der Waals surface area contributed by atoms with Crippen LogP contribution in [-0.4, -0.2) is 18.2 Å². The Bertz CT molecular complexity index is 510. The second-order valence-corrected chi connectivity index (χ2v) is 4.51. The third-order valence-electron chi connectivity index (χ3n) is 3.26. The molecule has 0 aliphatic heterocycles.